The van der Waals surface area contributed by atoms with Crippen molar-refractivity contribution in [2.24, 2.45) is 0 Å². The molecule has 96 valence electrons. The van der Waals surface area contributed by atoms with E-state index in [0.717, 1.165) is 0 Å². The predicted molar refractivity (Wildman–Crippen MR) is 61.7 cm³/mol. The van der Waals surface area contributed by atoms with Gasteiger partial charge in [0.1, 0.15) is 17.9 Å². The highest BCUT2D eigenvalue weighted by atomic mass is 16.6. The fraction of sp³-hybridized carbons (Fsp3) is 0.400. The molecule has 0 bridgehead atoms. The number of rotatable bonds is 3. The lowest BCUT2D eigenvalue weighted by Gasteiger charge is -2.21. The summed E-state index contributed by atoms with van der Waals surface area (Å²) in [6, 6.07) is 0. The zero-order chi connectivity index (χ0) is 13.3. The maximum Gasteiger partial charge on any atom is 0.343 e. The van der Waals surface area contributed by atoms with E-state index in [1.807, 2.05) is 0 Å². The minimum atomic E-state index is -0.483. The Morgan fingerprint density at radius 3 is 3.00 bits per heavy atom. The number of esters is 1. The quantitative estimate of drug-likeness (QED) is 0.445. The first-order valence-electron chi connectivity index (χ1n) is 5.35. The Morgan fingerprint density at radius 2 is 2.39 bits per heavy atom. The van der Waals surface area contributed by atoms with Crippen LogP contribution in [0.1, 0.15) is 17.3 Å². The van der Waals surface area contributed by atoms with Crippen molar-refractivity contribution in [3.63, 3.8) is 0 Å². The smallest absolute Gasteiger partial charge is 0.343 e. The maximum atomic E-state index is 11.7. The predicted octanol–water partition coefficient (Wildman–Crippen LogP) is 0.628. The number of carbonyl (C=O) groups is 1. The molecule has 0 saturated heterocycles. The van der Waals surface area contributed by atoms with Gasteiger partial charge in [-0.15, -0.1) is 0 Å². The molecule has 0 aromatic carbocycles. The second-order valence-electron chi connectivity index (χ2n) is 3.75. The van der Waals surface area contributed by atoms with Gasteiger partial charge in [-0.05, 0) is 6.92 Å². The first-order valence-corrected chi connectivity index (χ1v) is 5.35. The van der Waals surface area contributed by atoms with Crippen LogP contribution in [0.5, 0.6) is 0 Å². The average molecular weight is 252 g/mol. The van der Waals surface area contributed by atoms with Crippen LogP contribution in [0.2, 0.25) is 0 Å². The van der Waals surface area contributed by atoms with Crippen molar-refractivity contribution in [2.45, 2.75) is 13.5 Å². The third-order valence-corrected chi connectivity index (χ3v) is 2.53. The summed E-state index contributed by atoms with van der Waals surface area (Å²) in [5.41, 5.74) is 0.321. The summed E-state index contributed by atoms with van der Waals surface area (Å²) >= 11 is 0. The summed E-state index contributed by atoms with van der Waals surface area (Å²) < 4.78 is 6.31. The number of nitro groups is 1. The third kappa shape index (κ3) is 1.92. The van der Waals surface area contributed by atoms with E-state index < -0.39 is 10.9 Å². The van der Waals surface area contributed by atoms with E-state index >= 15 is 0 Å². The van der Waals surface area contributed by atoms with Gasteiger partial charge in [0.2, 0.25) is 0 Å². The lowest BCUT2D eigenvalue weighted by atomic mass is 10.3. The van der Waals surface area contributed by atoms with E-state index in [0.29, 0.717) is 11.4 Å². The minimum Gasteiger partial charge on any atom is -0.462 e. The van der Waals surface area contributed by atoms with Crippen LogP contribution in [0, 0.1) is 10.1 Å². The van der Waals surface area contributed by atoms with E-state index in [4.69, 9.17) is 4.74 Å². The van der Waals surface area contributed by atoms with E-state index in [-0.39, 0.29) is 18.8 Å². The zero-order valence-electron chi connectivity index (χ0n) is 9.99. The van der Waals surface area contributed by atoms with E-state index in [1.54, 1.807) is 14.0 Å². The summed E-state index contributed by atoms with van der Waals surface area (Å²) in [7, 11) is 1.62. The topological polar surface area (TPSA) is 90.5 Å². The standard InChI is InChI=1S/C10H12N4O4/c1-3-18-10(15)8-4-11-13-6-7(14(16)17)5-12(2)9(8)13/h4-5H,3,6H2,1-2H3. The molecule has 0 fully saturated rings. The SMILES string of the molecule is CCOC(=O)c1cnn2c1N(C)C=C([N+](=O)[O-])C2. The average Bonchev–Trinajstić information content (AvgIpc) is 2.73. The number of ether oxygens (including phenoxy) is 1. The summed E-state index contributed by atoms with van der Waals surface area (Å²) in [6.45, 7) is 2.01. The third-order valence-electron chi connectivity index (χ3n) is 2.53. The fourth-order valence-electron chi connectivity index (χ4n) is 1.80. The number of nitrogens with zero attached hydrogens (tertiary/aromatic N) is 4. The Morgan fingerprint density at radius 1 is 1.67 bits per heavy atom. The van der Waals surface area contributed by atoms with Crippen LogP contribution in [-0.2, 0) is 11.3 Å². The number of anilines is 1. The lowest BCUT2D eigenvalue weighted by Crippen LogP contribution is -2.26. The van der Waals surface area contributed by atoms with Crippen LogP contribution in [0.3, 0.4) is 0 Å². The largest absolute Gasteiger partial charge is 0.462 e. The Balaban J connectivity index is 2.36. The molecule has 0 atom stereocenters. The molecule has 8 nitrogen and oxygen atoms in total. The molecule has 8 heteroatoms. The number of hydrogen-bond donors (Lipinski definition) is 0. The Labute approximate surface area is 103 Å². The summed E-state index contributed by atoms with van der Waals surface area (Å²) in [4.78, 5) is 23.4. The van der Waals surface area contributed by atoms with Gasteiger partial charge in [0.05, 0.1) is 23.9 Å². The van der Waals surface area contributed by atoms with Gasteiger partial charge < -0.3 is 9.64 Å². The normalized spacial score (nSPS) is 13.9. The summed E-state index contributed by atoms with van der Waals surface area (Å²) in [6.07, 6.45) is 2.74. The molecule has 0 unspecified atom stereocenters. The highest BCUT2D eigenvalue weighted by molar-refractivity contribution is 5.95. The molecule has 2 heterocycles. The van der Waals surface area contributed by atoms with Crippen LogP contribution >= 0.6 is 0 Å². The number of hydrogen-bond acceptors (Lipinski definition) is 6. The van der Waals surface area contributed by atoms with Crippen molar-refractivity contribution in [1.29, 1.82) is 0 Å². The minimum absolute atomic E-state index is 0.0171. The molecule has 1 aromatic heterocycles. The number of aromatic nitrogens is 2. The van der Waals surface area contributed by atoms with Crippen molar-refractivity contribution < 1.29 is 14.5 Å². The first kappa shape index (κ1) is 12.1. The highest BCUT2D eigenvalue weighted by Crippen LogP contribution is 2.26. The molecule has 0 amide bonds. The fourth-order valence-corrected chi connectivity index (χ4v) is 1.80. The van der Waals surface area contributed by atoms with Crippen LogP contribution in [0.25, 0.3) is 0 Å². The van der Waals surface area contributed by atoms with Crippen molar-refractivity contribution >= 4 is 11.8 Å². The van der Waals surface area contributed by atoms with E-state index in [2.05, 4.69) is 5.10 Å². The second kappa shape index (κ2) is 4.47. The molecule has 0 aliphatic carbocycles. The zero-order valence-corrected chi connectivity index (χ0v) is 9.99. The molecule has 18 heavy (non-hydrogen) atoms. The van der Waals surface area contributed by atoms with Gasteiger partial charge in [-0.25, -0.2) is 9.48 Å². The van der Waals surface area contributed by atoms with Crippen LogP contribution in [0.15, 0.2) is 18.1 Å². The Bertz CT molecular complexity index is 534. The van der Waals surface area contributed by atoms with Gasteiger partial charge in [0.25, 0.3) is 5.70 Å². The first-order chi connectivity index (χ1) is 8.54. The van der Waals surface area contributed by atoms with Crippen LogP contribution in [-0.4, -0.2) is 34.3 Å². The van der Waals surface area contributed by atoms with Crippen molar-refractivity contribution in [1.82, 2.24) is 9.78 Å². The van der Waals surface area contributed by atoms with Gasteiger partial charge in [-0.1, -0.05) is 0 Å². The van der Waals surface area contributed by atoms with Crippen LogP contribution < -0.4 is 4.90 Å². The van der Waals surface area contributed by atoms with Crippen LogP contribution in [0.4, 0.5) is 5.82 Å². The summed E-state index contributed by atoms with van der Waals surface area (Å²) in [5, 5.41) is 14.7. The molecule has 1 aliphatic rings. The molecule has 1 aliphatic heterocycles. The molecular formula is C10H12N4O4. The number of fused-ring (bicyclic) bond motifs is 1. The second-order valence-corrected chi connectivity index (χ2v) is 3.75. The molecule has 0 radical (unpaired) electrons. The van der Waals surface area contributed by atoms with Gasteiger partial charge >= 0.3 is 5.97 Å². The summed E-state index contributed by atoms with van der Waals surface area (Å²) in [5.74, 6) is 0.0163. The van der Waals surface area contributed by atoms with Crippen molar-refractivity contribution in [2.75, 3.05) is 18.6 Å². The number of carbonyl (C=O) groups excluding carboxylic acids is 1. The van der Waals surface area contributed by atoms with Crippen molar-refractivity contribution in [3.05, 3.63) is 33.8 Å². The molecule has 0 N–H and O–H groups in total. The number of allylic oxidation sites excluding steroid dienone is 1. The monoisotopic (exact) mass is 252 g/mol. The molecule has 0 spiro atoms. The maximum absolute atomic E-state index is 11.7. The lowest BCUT2D eigenvalue weighted by molar-refractivity contribution is -0.429. The highest BCUT2D eigenvalue weighted by Gasteiger charge is 2.28. The van der Waals surface area contributed by atoms with E-state index in [1.165, 1.54) is 22.0 Å². The Hall–Kier alpha value is -2.38. The van der Waals surface area contributed by atoms with Crippen molar-refractivity contribution in [3.8, 4) is 0 Å². The molecular weight excluding hydrogens is 240 g/mol. The van der Waals surface area contributed by atoms with E-state index in [9.17, 15) is 14.9 Å². The molecule has 0 saturated carbocycles. The Kier molecular flexibility index (Phi) is 3.00. The molecule has 1 aromatic rings. The van der Waals surface area contributed by atoms with Gasteiger partial charge in [0.15, 0.2) is 0 Å². The molecule has 2 rings (SSSR count). The van der Waals surface area contributed by atoms with Gasteiger partial charge in [-0.2, -0.15) is 5.10 Å². The van der Waals surface area contributed by atoms with Gasteiger partial charge in [-0.3, -0.25) is 10.1 Å². The van der Waals surface area contributed by atoms with Gasteiger partial charge in [0, 0.05) is 7.05 Å².